The summed E-state index contributed by atoms with van der Waals surface area (Å²) in [5.41, 5.74) is 7.05. The van der Waals surface area contributed by atoms with Crippen molar-refractivity contribution in [3.8, 4) is 22.9 Å². The maximum atomic E-state index is 12.6. The minimum absolute atomic E-state index is 0.0187. The number of hydrogen-bond acceptors (Lipinski definition) is 5. The number of nitrogens with one attached hydrogen (secondary N) is 2. The standard InChI is InChI=1S/C23H21ClN4O3/c1-10-7-26-22(30)19-14-5-4-13-8-27-23(11(2)18(13)21(14)28-20(10)19)31-16-6-17(24)25-9-15(16)12(3)29/h6,8-10,28H,4-5,7H2,1-3H3,(H,26,30)/t10-/m0/s1. The van der Waals surface area contributed by atoms with Crippen molar-refractivity contribution in [1.29, 1.82) is 0 Å². The summed E-state index contributed by atoms with van der Waals surface area (Å²) >= 11 is 6.03. The molecule has 1 aliphatic carbocycles. The van der Waals surface area contributed by atoms with Gasteiger partial charge in [0.15, 0.2) is 5.78 Å². The third-order valence-corrected chi connectivity index (χ3v) is 6.30. The van der Waals surface area contributed by atoms with Gasteiger partial charge in [-0.15, -0.1) is 0 Å². The Morgan fingerprint density at radius 2 is 2.03 bits per heavy atom. The Bertz CT molecular complexity index is 1260. The molecule has 4 heterocycles. The van der Waals surface area contributed by atoms with Crippen LogP contribution in [0.2, 0.25) is 5.15 Å². The average molecular weight is 437 g/mol. The largest absolute Gasteiger partial charge is 0.438 e. The molecule has 3 aromatic rings. The number of H-pyrrole nitrogens is 1. The second-order valence-electron chi connectivity index (χ2n) is 8.13. The van der Waals surface area contributed by atoms with Gasteiger partial charge in [-0.05, 0) is 37.8 Å². The number of Topliss-reactive ketones (excluding diaryl/α,β-unsaturated/α-hetero) is 1. The summed E-state index contributed by atoms with van der Waals surface area (Å²) in [6.07, 6.45) is 4.79. The topological polar surface area (TPSA) is 97.0 Å². The highest BCUT2D eigenvalue weighted by Gasteiger charge is 2.33. The molecule has 7 nitrogen and oxygen atoms in total. The van der Waals surface area contributed by atoms with Crippen molar-refractivity contribution in [1.82, 2.24) is 20.3 Å². The monoisotopic (exact) mass is 436 g/mol. The molecular weight excluding hydrogens is 416 g/mol. The number of amides is 1. The molecule has 158 valence electrons. The van der Waals surface area contributed by atoms with Crippen LogP contribution >= 0.6 is 11.6 Å². The van der Waals surface area contributed by atoms with E-state index in [1.165, 1.54) is 19.2 Å². The van der Waals surface area contributed by atoms with E-state index in [1.54, 1.807) is 6.20 Å². The number of carbonyl (C=O) groups is 2. The highest BCUT2D eigenvalue weighted by Crippen LogP contribution is 2.43. The molecular formula is C23H21ClN4O3. The minimum atomic E-state index is -0.172. The first-order chi connectivity index (χ1) is 14.8. The Morgan fingerprint density at radius 1 is 1.23 bits per heavy atom. The molecule has 0 radical (unpaired) electrons. The number of carbonyl (C=O) groups excluding carboxylic acids is 2. The van der Waals surface area contributed by atoms with Gasteiger partial charge in [0, 0.05) is 47.7 Å². The zero-order chi connectivity index (χ0) is 21.9. The second kappa shape index (κ2) is 7.20. The number of hydrogen-bond donors (Lipinski definition) is 2. The molecule has 1 aliphatic heterocycles. The number of aryl methyl sites for hydroxylation is 1. The van der Waals surface area contributed by atoms with E-state index in [1.807, 2.05) is 6.92 Å². The maximum Gasteiger partial charge on any atom is 0.253 e. The number of aromatic amines is 1. The smallest absolute Gasteiger partial charge is 0.253 e. The third-order valence-electron chi connectivity index (χ3n) is 6.09. The van der Waals surface area contributed by atoms with Gasteiger partial charge in [-0.25, -0.2) is 9.97 Å². The van der Waals surface area contributed by atoms with Crippen LogP contribution in [0.1, 0.15) is 62.9 Å². The molecule has 0 aromatic carbocycles. The summed E-state index contributed by atoms with van der Waals surface area (Å²) < 4.78 is 6.06. The molecule has 2 N–H and O–H groups in total. The minimum Gasteiger partial charge on any atom is -0.438 e. The molecule has 31 heavy (non-hydrogen) atoms. The molecule has 8 heteroatoms. The fourth-order valence-electron chi connectivity index (χ4n) is 4.50. The number of fused-ring (bicyclic) bond motifs is 5. The Labute approximate surface area is 184 Å². The van der Waals surface area contributed by atoms with Crippen LogP contribution in [-0.2, 0) is 12.8 Å². The van der Waals surface area contributed by atoms with Crippen molar-refractivity contribution < 1.29 is 14.3 Å². The van der Waals surface area contributed by atoms with Gasteiger partial charge in [0.25, 0.3) is 5.91 Å². The van der Waals surface area contributed by atoms with Gasteiger partial charge >= 0.3 is 0 Å². The summed E-state index contributed by atoms with van der Waals surface area (Å²) in [5, 5.41) is 3.21. The van der Waals surface area contributed by atoms with Crippen molar-refractivity contribution in [2.24, 2.45) is 0 Å². The van der Waals surface area contributed by atoms with Crippen LogP contribution in [0.3, 0.4) is 0 Å². The van der Waals surface area contributed by atoms with E-state index in [0.717, 1.165) is 52.0 Å². The first-order valence-corrected chi connectivity index (χ1v) is 10.6. The second-order valence-corrected chi connectivity index (χ2v) is 8.52. The summed E-state index contributed by atoms with van der Waals surface area (Å²) in [5.74, 6) is 0.736. The maximum absolute atomic E-state index is 12.6. The van der Waals surface area contributed by atoms with Crippen molar-refractivity contribution in [3.63, 3.8) is 0 Å². The van der Waals surface area contributed by atoms with E-state index in [4.69, 9.17) is 16.3 Å². The normalized spacial score (nSPS) is 16.8. The number of aromatic nitrogens is 3. The van der Waals surface area contributed by atoms with Crippen molar-refractivity contribution in [2.45, 2.75) is 39.5 Å². The van der Waals surface area contributed by atoms with Gasteiger partial charge in [-0.3, -0.25) is 9.59 Å². The zero-order valence-electron chi connectivity index (χ0n) is 17.4. The quantitative estimate of drug-likeness (QED) is 0.469. The number of ketones is 1. The number of ether oxygens (including phenoxy) is 1. The molecule has 3 aromatic heterocycles. The van der Waals surface area contributed by atoms with Crippen LogP contribution in [0.5, 0.6) is 11.6 Å². The summed E-state index contributed by atoms with van der Waals surface area (Å²) in [6.45, 7) is 6.12. The predicted molar refractivity (Wildman–Crippen MR) is 116 cm³/mol. The fraction of sp³-hybridized carbons (Fsp3) is 0.304. The van der Waals surface area contributed by atoms with Gasteiger partial charge in [0.1, 0.15) is 10.9 Å². The van der Waals surface area contributed by atoms with Crippen LogP contribution in [-0.4, -0.2) is 33.2 Å². The Balaban J connectivity index is 1.64. The third kappa shape index (κ3) is 3.11. The lowest BCUT2D eigenvalue weighted by Gasteiger charge is -2.22. The van der Waals surface area contributed by atoms with Crippen LogP contribution in [0, 0.1) is 6.92 Å². The van der Waals surface area contributed by atoms with E-state index in [2.05, 4.69) is 27.2 Å². The molecule has 0 saturated carbocycles. The lowest BCUT2D eigenvalue weighted by molar-refractivity contribution is 0.0939. The van der Waals surface area contributed by atoms with Crippen molar-refractivity contribution >= 4 is 23.3 Å². The molecule has 0 unspecified atom stereocenters. The van der Waals surface area contributed by atoms with Gasteiger partial charge in [0.05, 0.1) is 16.8 Å². The fourth-order valence-corrected chi connectivity index (χ4v) is 4.65. The number of pyridine rings is 2. The lowest BCUT2D eigenvalue weighted by Crippen LogP contribution is -2.34. The molecule has 0 bridgehead atoms. The van der Waals surface area contributed by atoms with Crippen LogP contribution in [0.15, 0.2) is 18.5 Å². The van der Waals surface area contributed by atoms with E-state index >= 15 is 0 Å². The van der Waals surface area contributed by atoms with Crippen molar-refractivity contribution in [3.05, 3.63) is 57.1 Å². The molecule has 1 atom stereocenters. The average Bonchev–Trinajstić information content (AvgIpc) is 3.13. The van der Waals surface area contributed by atoms with Crippen LogP contribution in [0.4, 0.5) is 0 Å². The lowest BCUT2D eigenvalue weighted by atomic mass is 9.86. The summed E-state index contributed by atoms with van der Waals surface area (Å²) in [7, 11) is 0. The molecule has 0 spiro atoms. The molecule has 0 saturated heterocycles. The van der Waals surface area contributed by atoms with Crippen LogP contribution < -0.4 is 10.1 Å². The van der Waals surface area contributed by atoms with E-state index in [0.29, 0.717) is 23.7 Å². The van der Waals surface area contributed by atoms with Crippen molar-refractivity contribution in [2.75, 3.05) is 6.54 Å². The SMILES string of the molecule is CC(=O)c1cnc(Cl)cc1Oc1ncc2c(c1C)-c1[nH]c3c(c1CC2)C(=O)NC[C@@H]3C. The summed E-state index contributed by atoms with van der Waals surface area (Å²) in [4.78, 5) is 36.6. The molecule has 1 amide bonds. The molecule has 0 fully saturated rings. The van der Waals surface area contributed by atoms with Gasteiger partial charge < -0.3 is 15.0 Å². The van der Waals surface area contributed by atoms with E-state index < -0.39 is 0 Å². The number of nitrogens with zero attached hydrogens (tertiary/aromatic N) is 2. The molecule has 2 aliphatic rings. The van der Waals surface area contributed by atoms with Gasteiger partial charge in [-0.1, -0.05) is 18.5 Å². The van der Waals surface area contributed by atoms with Gasteiger partial charge in [-0.2, -0.15) is 0 Å². The Morgan fingerprint density at radius 3 is 2.81 bits per heavy atom. The van der Waals surface area contributed by atoms with E-state index in [9.17, 15) is 9.59 Å². The van der Waals surface area contributed by atoms with Gasteiger partial charge in [0.2, 0.25) is 5.88 Å². The Kier molecular flexibility index (Phi) is 4.59. The highest BCUT2D eigenvalue weighted by molar-refractivity contribution is 6.29. The predicted octanol–water partition coefficient (Wildman–Crippen LogP) is 4.37. The first-order valence-electron chi connectivity index (χ1n) is 10.2. The first kappa shape index (κ1) is 19.8. The van der Waals surface area contributed by atoms with E-state index in [-0.39, 0.29) is 22.8 Å². The van der Waals surface area contributed by atoms with Crippen LogP contribution in [0.25, 0.3) is 11.3 Å². The number of rotatable bonds is 3. The molecule has 5 rings (SSSR count). The Hall–Kier alpha value is -3.19. The number of halogens is 1. The zero-order valence-corrected chi connectivity index (χ0v) is 18.2. The summed E-state index contributed by atoms with van der Waals surface area (Å²) in [6, 6.07) is 1.52. The highest BCUT2D eigenvalue weighted by atomic mass is 35.5.